The van der Waals surface area contributed by atoms with E-state index in [1.54, 1.807) is 13.3 Å². The van der Waals surface area contributed by atoms with E-state index in [4.69, 9.17) is 21.1 Å². The molecule has 0 unspecified atom stereocenters. The number of aryl methyl sites for hydroxylation is 1. The quantitative estimate of drug-likeness (QED) is 0.394. The molecule has 138 valence electrons. The molecule has 0 N–H and O–H groups in total. The van der Waals surface area contributed by atoms with Crippen LogP contribution in [0.3, 0.4) is 0 Å². The van der Waals surface area contributed by atoms with Gasteiger partial charge >= 0.3 is 0 Å². The molecule has 0 amide bonds. The van der Waals surface area contributed by atoms with Crippen LogP contribution in [0, 0.1) is 6.92 Å². The largest absolute Gasteiger partial charge is 0.493 e. The van der Waals surface area contributed by atoms with Gasteiger partial charge in [-0.2, -0.15) is 0 Å². The molecule has 3 nitrogen and oxygen atoms in total. The smallest absolute Gasteiger partial charge is 0.175 e. The van der Waals surface area contributed by atoms with Gasteiger partial charge in [-0.05, 0) is 63.8 Å². The Kier molecular flexibility index (Phi) is 6.54. The average molecular weight is 445 g/mol. The first kappa shape index (κ1) is 19.5. The normalized spacial score (nSPS) is 11.0. The molecule has 0 saturated carbocycles. The molecule has 0 fully saturated rings. The summed E-state index contributed by atoms with van der Waals surface area (Å²) in [7, 11) is 1.62. The van der Waals surface area contributed by atoms with E-state index in [0.717, 1.165) is 26.9 Å². The van der Waals surface area contributed by atoms with Gasteiger partial charge in [0, 0.05) is 11.2 Å². The third-order valence-electron chi connectivity index (χ3n) is 4.00. The highest BCUT2D eigenvalue weighted by molar-refractivity contribution is 9.10. The van der Waals surface area contributed by atoms with Crippen molar-refractivity contribution in [1.29, 1.82) is 0 Å². The highest BCUT2D eigenvalue weighted by atomic mass is 79.9. The Morgan fingerprint density at radius 1 is 1.07 bits per heavy atom. The summed E-state index contributed by atoms with van der Waals surface area (Å²) in [5, 5.41) is 0.663. The predicted octanol–water partition coefficient (Wildman–Crippen LogP) is 6.75. The Balaban J connectivity index is 1.83. The Morgan fingerprint density at radius 2 is 1.85 bits per heavy atom. The second-order valence-corrected chi connectivity index (χ2v) is 7.29. The van der Waals surface area contributed by atoms with Crippen molar-refractivity contribution in [1.82, 2.24) is 0 Å². The summed E-state index contributed by atoms with van der Waals surface area (Å²) in [5.41, 5.74) is 3.88. The molecule has 27 heavy (non-hydrogen) atoms. The van der Waals surface area contributed by atoms with E-state index in [-0.39, 0.29) is 0 Å². The molecule has 0 aliphatic rings. The molecular weight excluding hydrogens is 426 g/mol. The molecule has 3 rings (SSSR count). The number of benzene rings is 3. The van der Waals surface area contributed by atoms with Crippen molar-refractivity contribution >= 4 is 39.4 Å². The number of hydrogen-bond acceptors (Lipinski definition) is 3. The zero-order valence-electron chi connectivity index (χ0n) is 15.1. The monoisotopic (exact) mass is 443 g/mol. The van der Waals surface area contributed by atoms with Gasteiger partial charge in [0.05, 0.1) is 17.3 Å². The predicted molar refractivity (Wildman–Crippen MR) is 115 cm³/mol. The van der Waals surface area contributed by atoms with Crippen LogP contribution in [0.2, 0.25) is 5.02 Å². The van der Waals surface area contributed by atoms with E-state index in [1.165, 1.54) is 0 Å². The lowest BCUT2D eigenvalue weighted by Gasteiger charge is -2.13. The van der Waals surface area contributed by atoms with Crippen LogP contribution >= 0.6 is 27.5 Å². The maximum atomic E-state index is 6.06. The van der Waals surface area contributed by atoms with Crippen molar-refractivity contribution in [2.45, 2.75) is 13.5 Å². The van der Waals surface area contributed by atoms with Crippen molar-refractivity contribution in [3.8, 4) is 11.5 Å². The summed E-state index contributed by atoms with van der Waals surface area (Å²) in [6.07, 6.45) is 1.78. The third kappa shape index (κ3) is 5.12. The van der Waals surface area contributed by atoms with Crippen LogP contribution in [0.4, 0.5) is 5.69 Å². The Morgan fingerprint density at radius 3 is 2.59 bits per heavy atom. The SMILES string of the molecule is COc1cc(C=Nc2cc(Cl)ccc2C)cc(Br)c1OCc1ccccc1. The first-order valence-electron chi connectivity index (χ1n) is 8.41. The summed E-state index contributed by atoms with van der Waals surface area (Å²) >= 11 is 9.64. The molecule has 5 heteroatoms. The molecule has 0 aliphatic heterocycles. The van der Waals surface area contributed by atoms with Crippen molar-refractivity contribution in [2.75, 3.05) is 7.11 Å². The van der Waals surface area contributed by atoms with Gasteiger partial charge < -0.3 is 9.47 Å². The van der Waals surface area contributed by atoms with Crippen LogP contribution in [-0.4, -0.2) is 13.3 Å². The second-order valence-electron chi connectivity index (χ2n) is 6.00. The molecule has 0 aromatic heterocycles. The molecule has 0 spiro atoms. The number of methoxy groups -OCH3 is 1. The lowest BCUT2D eigenvalue weighted by Crippen LogP contribution is -1.99. The molecule has 0 atom stereocenters. The summed E-state index contributed by atoms with van der Waals surface area (Å²) in [6, 6.07) is 19.5. The Labute approximate surface area is 172 Å². The van der Waals surface area contributed by atoms with E-state index in [0.29, 0.717) is 23.1 Å². The van der Waals surface area contributed by atoms with Crippen molar-refractivity contribution in [3.63, 3.8) is 0 Å². The number of aliphatic imine (C=N–C) groups is 1. The first-order chi connectivity index (χ1) is 13.1. The number of hydrogen-bond donors (Lipinski definition) is 0. The van der Waals surface area contributed by atoms with Crippen LogP contribution in [0.1, 0.15) is 16.7 Å². The molecule has 0 saturated heterocycles. The fraction of sp³-hybridized carbons (Fsp3) is 0.136. The number of nitrogens with zero attached hydrogens (tertiary/aromatic N) is 1. The molecule has 3 aromatic carbocycles. The van der Waals surface area contributed by atoms with Gasteiger partial charge in [0.25, 0.3) is 0 Å². The van der Waals surface area contributed by atoms with Gasteiger partial charge in [-0.1, -0.05) is 48.0 Å². The maximum absolute atomic E-state index is 6.06. The van der Waals surface area contributed by atoms with Crippen LogP contribution in [-0.2, 0) is 6.61 Å². The van der Waals surface area contributed by atoms with Gasteiger partial charge in [0.1, 0.15) is 6.61 Å². The summed E-state index contributed by atoms with van der Waals surface area (Å²) in [4.78, 5) is 4.55. The summed E-state index contributed by atoms with van der Waals surface area (Å²) in [5.74, 6) is 1.31. The van der Waals surface area contributed by atoms with E-state index in [9.17, 15) is 0 Å². The Bertz CT molecular complexity index is 958. The minimum atomic E-state index is 0.463. The number of halogens is 2. The van der Waals surface area contributed by atoms with Crippen LogP contribution in [0.5, 0.6) is 11.5 Å². The van der Waals surface area contributed by atoms with Gasteiger partial charge in [-0.3, -0.25) is 4.99 Å². The summed E-state index contributed by atoms with van der Waals surface area (Å²) in [6.45, 7) is 2.46. The van der Waals surface area contributed by atoms with Crippen molar-refractivity contribution < 1.29 is 9.47 Å². The average Bonchev–Trinajstić information content (AvgIpc) is 2.68. The second kappa shape index (κ2) is 9.07. The van der Waals surface area contributed by atoms with Gasteiger partial charge in [0.2, 0.25) is 0 Å². The molecule has 3 aromatic rings. The van der Waals surface area contributed by atoms with Crippen LogP contribution in [0.25, 0.3) is 0 Å². The molecular formula is C22H19BrClNO2. The molecule has 0 radical (unpaired) electrons. The van der Waals surface area contributed by atoms with Crippen molar-refractivity contribution in [2.24, 2.45) is 4.99 Å². The van der Waals surface area contributed by atoms with Gasteiger partial charge in [0.15, 0.2) is 11.5 Å². The van der Waals surface area contributed by atoms with Crippen LogP contribution in [0.15, 0.2) is 70.1 Å². The van der Waals surface area contributed by atoms with Gasteiger partial charge in [-0.25, -0.2) is 0 Å². The Hall–Kier alpha value is -2.30. The lowest BCUT2D eigenvalue weighted by atomic mass is 10.2. The van der Waals surface area contributed by atoms with Crippen molar-refractivity contribution in [3.05, 3.63) is 86.8 Å². The molecule has 0 heterocycles. The minimum Gasteiger partial charge on any atom is -0.493 e. The number of rotatable bonds is 6. The van der Waals surface area contributed by atoms with Gasteiger partial charge in [-0.15, -0.1) is 0 Å². The van der Waals surface area contributed by atoms with E-state index in [1.807, 2.05) is 67.6 Å². The fourth-order valence-electron chi connectivity index (χ4n) is 2.55. The van der Waals surface area contributed by atoms with Crippen LogP contribution < -0.4 is 9.47 Å². The molecule has 0 aliphatic carbocycles. The lowest BCUT2D eigenvalue weighted by molar-refractivity contribution is 0.282. The fourth-order valence-corrected chi connectivity index (χ4v) is 3.29. The third-order valence-corrected chi connectivity index (χ3v) is 4.83. The minimum absolute atomic E-state index is 0.463. The molecule has 0 bridgehead atoms. The first-order valence-corrected chi connectivity index (χ1v) is 9.58. The topological polar surface area (TPSA) is 30.8 Å². The highest BCUT2D eigenvalue weighted by Crippen LogP contribution is 2.37. The van der Waals surface area contributed by atoms with E-state index < -0.39 is 0 Å². The van der Waals surface area contributed by atoms with E-state index in [2.05, 4.69) is 20.9 Å². The standard InChI is InChI=1S/C22H19BrClNO2/c1-15-8-9-18(24)12-20(15)25-13-17-10-19(23)22(21(11-17)26-2)27-14-16-6-4-3-5-7-16/h3-13H,14H2,1-2H3. The maximum Gasteiger partial charge on any atom is 0.175 e. The number of ether oxygens (including phenoxy) is 2. The van der Waals surface area contributed by atoms with E-state index >= 15 is 0 Å². The zero-order valence-corrected chi connectivity index (χ0v) is 17.4. The highest BCUT2D eigenvalue weighted by Gasteiger charge is 2.11. The zero-order chi connectivity index (χ0) is 19.2. The summed E-state index contributed by atoms with van der Waals surface area (Å²) < 4.78 is 12.3.